The summed E-state index contributed by atoms with van der Waals surface area (Å²) in [5.74, 6) is 0.353. The van der Waals surface area contributed by atoms with Crippen molar-refractivity contribution in [3.05, 3.63) is 51.5 Å². The molecule has 1 amide bonds. The van der Waals surface area contributed by atoms with Gasteiger partial charge in [0.2, 0.25) is 0 Å². The molecule has 0 saturated carbocycles. The first-order valence-electron chi connectivity index (χ1n) is 6.96. The predicted octanol–water partition coefficient (Wildman–Crippen LogP) is 3.55. The number of rotatable bonds is 5. The second-order valence-corrected chi connectivity index (χ2v) is 6.44. The van der Waals surface area contributed by atoms with Gasteiger partial charge in [0.05, 0.1) is 5.01 Å². The van der Waals surface area contributed by atoms with Crippen LogP contribution in [0, 0.1) is 12.8 Å². The highest BCUT2D eigenvalue weighted by Gasteiger charge is 2.18. The lowest BCUT2D eigenvalue weighted by molar-refractivity contribution is 0.0706. The van der Waals surface area contributed by atoms with Crippen LogP contribution < -0.4 is 5.48 Å². The number of nitrogens with zero attached hydrogens (tertiary/aromatic N) is 1. The molecule has 112 valence electrons. The lowest BCUT2D eigenvalue weighted by Crippen LogP contribution is -2.18. The minimum atomic E-state index is -0.488. The number of aromatic nitrogens is 1. The van der Waals surface area contributed by atoms with E-state index < -0.39 is 5.91 Å². The van der Waals surface area contributed by atoms with Crippen LogP contribution in [0.15, 0.2) is 29.6 Å². The molecule has 1 heterocycles. The van der Waals surface area contributed by atoms with Crippen LogP contribution in [0.4, 0.5) is 0 Å². The van der Waals surface area contributed by atoms with E-state index in [0.29, 0.717) is 17.4 Å². The minimum absolute atomic E-state index is 0.363. The molecule has 2 N–H and O–H groups in total. The van der Waals surface area contributed by atoms with Crippen molar-refractivity contribution in [3.63, 3.8) is 0 Å². The summed E-state index contributed by atoms with van der Waals surface area (Å²) >= 11 is 1.69. The molecule has 0 bridgehead atoms. The highest BCUT2D eigenvalue weighted by atomic mass is 32.1. The van der Waals surface area contributed by atoms with Crippen LogP contribution in [0.3, 0.4) is 0 Å². The number of thiazole rings is 1. The van der Waals surface area contributed by atoms with Crippen LogP contribution in [0.2, 0.25) is 0 Å². The molecule has 2 rings (SSSR count). The van der Waals surface area contributed by atoms with Gasteiger partial charge in [-0.05, 0) is 36.5 Å². The first-order valence-corrected chi connectivity index (χ1v) is 7.84. The molecule has 4 nitrogen and oxygen atoms in total. The molecule has 0 unspecified atom stereocenters. The minimum Gasteiger partial charge on any atom is -0.288 e. The third-order valence-electron chi connectivity index (χ3n) is 3.57. The maximum atomic E-state index is 11.4. The van der Waals surface area contributed by atoms with E-state index in [1.807, 2.05) is 19.1 Å². The second-order valence-electron chi connectivity index (χ2n) is 5.50. The predicted molar refractivity (Wildman–Crippen MR) is 83.8 cm³/mol. The Bertz CT molecular complexity index is 605. The second kappa shape index (κ2) is 6.83. The topological polar surface area (TPSA) is 62.2 Å². The molecule has 0 aliphatic rings. The van der Waals surface area contributed by atoms with Gasteiger partial charge in [0, 0.05) is 23.1 Å². The van der Waals surface area contributed by atoms with Gasteiger partial charge < -0.3 is 0 Å². The zero-order valence-electron chi connectivity index (χ0n) is 12.5. The molecule has 1 aromatic heterocycles. The van der Waals surface area contributed by atoms with Crippen LogP contribution in [0.1, 0.15) is 46.4 Å². The number of amides is 1. The Labute approximate surface area is 128 Å². The summed E-state index contributed by atoms with van der Waals surface area (Å²) in [6.45, 7) is 6.39. The maximum Gasteiger partial charge on any atom is 0.274 e. The molecule has 0 aliphatic heterocycles. The van der Waals surface area contributed by atoms with Gasteiger partial charge >= 0.3 is 0 Å². The number of hydrogen-bond donors (Lipinski definition) is 2. The average molecular weight is 304 g/mol. The van der Waals surface area contributed by atoms with Crippen LogP contribution in [0.25, 0.3) is 0 Å². The van der Waals surface area contributed by atoms with Crippen LogP contribution in [-0.2, 0) is 6.42 Å². The summed E-state index contributed by atoms with van der Waals surface area (Å²) in [5.41, 5.74) is 4.35. The number of nitrogens with one attached hydrogen (secondary N) is 1. The van der Waals surface area contributed by atoms with Gasteiger partial charge in [-0.25, -0.2) is 10.5 Å². The zero-order chi connectivity index (χ0) is 15.4. The fourth-order valence-corrected chi connectivity index (χ4v) is 3.20. The summed E-state index contributed by atoms with van der Waals surface area (Å²) < 4.78 is 0. The molecule has 5 heteroatoms. The number of carbonyl (C=O) groups excluding carboxylic acids is 1. The largest absolute Gasteiger partial charge is 0.288 e. The van der Waals surface area contributed by atoms with E-state index in [4.69, 9.17) is 5.21 Å². The van der Waals surface area contributed by atoms with E-state index in [9.17, 15) is 4.79 Å². The van der Waals surface area contributed by atoms with E-state index in [0.717, 1.165) is 17.1 Å². The Morgan fingerprint density at radius 1 is 1.33 bits per heavy atom. The Balaban J connectivity index is 2.20. The summed E-state index contributed by atoms with van der Waals surface area (Å²) in [7, 11) is 0. The zero-order valence-corrected chi connectivity index (χ0v) is 13.3. The monoisotopic (exact) mass is 304 g/mol. The van der Waals surface area contributed by atoms with Crippen molar-refractivity contribution in [1.82, 2.24) is 10.5 Å². The van der Waals surface area contributed by atoms with E-state index in [2.05, 4.69) is 24.2 Å². The number of benzene rings is 1. The van der Waals surface area contributed by atoms with Gasteiger partial charge in [-0.3, -0.25) is 10.0 Å². The highest BCUT2D eigenvalue weighted by Crippen LogP contribution is 2.29. The van der Waals surface area contributed by atoms with Gasteiger partial charge in [0.25, 0.3) is 5.91 Å². The molecule has 0 saturated heterocycles. The Morgan fingerprint density at radius 3 is 2.48 bits per heavy atom. The van der Waals surface area contributed by atoms with Gasteiger partial charge in [0.15, 0.2) is 0 Å². The van der Waals surface area contributed by atoms with Gasteiger partial charge in [-0.2, -0.15) is 0 Å². The molecule has 2 aromatic rings. The third kappa shape index (κ3) is 3.89. The summed E-state index contributed by atoms with van der Waals surface area (Å²) in [6.07, 6.45) is 0.904. The van der Waals surface area contributed by atoms with E-state index in [1.165, 1.54) is 5.56 Å². The standard InChI is InChI=1S/C16H20N2O2S/c1-10(2)14(8-15-17-11(3)9-21-15)12-4-6-13(7-5-12)16(19)18-20/h4-7,9-10,14,20H,8H2,1-3H3,(H,18,19)/t14-/m1/s1. The first kappa shape index (κ1) is 15.7. The van der Waals surface area contributed by atoms with Crippen molar-refractivity contribution in [1.29, 1.82) is 0 Å². The molecule has 1 aromatic carbocycles. The number of aryl methyl sites for hydroxylation is 1. The van der Waals surface area contributed by atoms with Crippen LogP contribution in [0.5, 0.6) is 0 Å². The molecule has 0 aliphatic carbocycles. The average Bonchev–Trinajstić information content (AvgIpc) is 2.89. The lowest BCUT2D eigenvalue weighted by Gasteiger charge is -2.20. The lowest BCUT2D eigenvalue weighted by atomic mass is 9.85. The quantitative estimate of drug-likeness (QED) is 0.656. The molecule has 0 spiro atoms. The van der Waals surface area contributed by atoms with E-state index in [1.54, 1.807) is 28.9 Å². The van der Waals surface area contributed by atoms with Gasteiger partial charge in [0.1, 0.15) is 0 Å². The van der Waals surface area contributed by atoms with E-state index in [-0.39, 0.29) is 0 Å². The van der Waals surface area contributed by atoms with Gasteiger partial charge in [-0.15, -0.1) is 11.3 Å². The summed E-state index contributed by atoms with van der Waals surface area (Å²) in [4.78, 5) is 15.9. The Hall–Kier alpha value is -1.72. The molecule has 1 atom stereocenters. The molecular formula is C16H20N2O2S. The summed E-state index contributed by atoms with van der Waals surface area (Å²) in [6, 6.07) is 7.39. The van der Waals surface area contributed by atoms with E-state index >= 15 is 0 Å². The van der Waals surface area contributed by atoms with Crippen molar-refractivity contribution in [2.45, 2.75) is 33.1 Å². The fourth-order valence-electron chi connectivity index (χ4n) is 2.37. The molecule has 0 radical (unpaired) electrons. The third-order valence-corrected chi connectivity index (χ3v) is 4.56. The molecule has 0 fully saturated rings. The molecular weight excluding hydrogens is 284 g/mol. The van der Waals surface area contributed by atoms with Crippen molar-refractivity contribution >= 4 is 17.2 Å². The fraction of sp³-hybridized carbons (Fsp3) is 0.375. The smallest absolute Gasteiger partial charge is 0.274 e. The summed E-state index contributed by atoms with van der Waals surface area (Å²) in [5, 5.41) is 11.9. The highest BCUT2D eigenvalue weighted by molar-refractivity contribution is 7.09. The van der Waals surface area contributed by atoms with Crippen molar-refractivity contribution in [2.75, 3.05) is 0 Å². The number of carbonyl (C=O) groups is 1. The van der Waals surface area contributed by atoms with Crippen molar-refractivity contribution in [2.24, 2.45) is 5.92 Å². The number of hydrogen-bond acceptors (Lipinski definition) is 4. The first-order chi connectivity index (χ1) is 10.0. The number of hydroxylamine groups is 1. The van der Waals surface area contributed by atoms with Gasteiger partial charge in [-0.1, -0.05) is 26.0 Å². The van der Waals surface area contributed by atoms with Crippen molar-refractivity contribution in [3.8, 4) is 0 Å². The van der Waals surface area contributed by atoms with Crippen molar-refractivity contribution < 1.29 is 10.0 Å². The Morgan fingerprint density at radius 2 is 2.00 bits per heavy atom. The molecule has 21 heavy (non-hydrogen) atoms. The van der Waals surface area contributed by atoms with Crippen LogP contribution in [-0.4, -0.2) is 16.1 Å². The Kier molecular flexibility index (Phi) is 5.09. The SMILES string of the molecule is Cc1csc(C[C@@H](c2ccc(C(=O)NO)cc2)C(C)C)n1. The van der Waals surface area contributed by atoms with Crippen LogP contribution >= 0.6 is 11.3 Å². The maximum absolute atomic E-state index is 11.4. The normalized spacial score (nSPS) is 12.4.